The lowest BCUT2D eigenvalue weighted by Crippen LogP contribution is -2.13. The highest BCUT2D eigenvalue weighted by Crippen LogP contribution is 2.23. The van der Waals surface area contributed by atoms with Gasteiger partial charge in [-0.15, -0.1) is 6.42 Å². The molecule has 96 valence electrons. The van der Waals surface area contributed by atoms with Crippen molar-refractivity contribution in [1.29, 1.82) is 0 Å². The lowest BCUT2D eigenvalue weighted by atomic mass is 10.2. The predicted molar refractivity (Wildman–Crippen MR) is 79.3 cm³/mol. The van der Waals surface area contributed by atoms with Crippen molar-refractivity contribution in [3.8, 4) is 12.3 Å². The van der Waals surface area contributed by atoms with E-state index in [0.29, 0.717) is 15.7 Å². The van der Waals surface area contributed by atoms with Gasteiger partial charge in [-0.2, -0.15) is 0 Å². The minimum Gasteiger partial charge on any atom is -0.280 e. The molecule has 0 spiro atoms. The van der Waals surface area contributed by atoms with Crippen molar-refractivity contribution in [3.63, 3.8) is 0 Å². The Morgan fingerprint density at radius 2 is 1.84 bits per heavy atom. The second-order valence-electron chi connectivity index (χ2n) is 3.76. The number of rotatable bonds is 3. The molecule has 2 rings (SSSR count). The average Bonchev–Trinajstić information content (AvgIpc) is 2.38. The summed E-state index contributed by atoms with van der Waals surface area (Å²) in [6.07, 6.45) is 5.28. The predicted octanol–water partition coefficient (Wildman–Crippen LogP) is 3.23. The minimum atomic E-state index is -3.63. The SMILES string of the molecule is C#Cc1cccc(NS(=O)(=O)c2ccccc2Br)c1. The van der Waals surface area contributed by atoms with Crippen LogP contribution in [-0.4, -0.2) is 8.42 Å². The van der Waals surface area contributed by atoms with Gasteiger partial charge in [0.2, 0.25) is 0 Å². The van der Waals surface area contributed by atoms with E-state index in [2.05, 4.69) is 26.6 Å². The Balaban J connectivity index is 2.37. The summed E-state index contributed by atoms with van der Waals surface area (Å²) in [5, 5.41) is 0. The summed E-state index contributed by atoms with van der Waals surface area (Å²) in [5.74, 6) is 2.46. The second kappa shape index (κ2) is 5.47. The summed E-state index contributed by atoms with van der Waals surface area (Å²) in [6, 6.07) is 13.3. The molecule has 2 aromatic carbocycles. The highest BCUT2D eigenvalue weighted by molar-refractivity contribution is 9.10. The molecule has 0 heterocycles. The molecule has 1 N–H and O–H groups in total. The van der Waals surface area contributed by atoms with Gasteiger partial charge in [0.15, 0.2) is 0 Å². The van der Waals surface area contributed by atoms with Crippen LogP contribution in [0.5, 0.6) is 0 Å². The highest BCUT2D eigenvalue weighted by atomic mass is 79.9. The number of sulfonamides is 1. The van der Waals surface area contributed by atoms with E-state index in [1.807, 2.05) is 0 Å². The molecule has 3 nitrogen and oxygen atoms in total. The zero-order valence-corrected chi connectivity index (χ0v) is 12.2. The molecule has 2 aromatic rings. The monoisotopic (exact) mass is 335 g/mol. The van der Waals surface area contributed by atoms with Gasteiger partial charge in [-0.1, -0.05) is 24.1 Å². The summed E-state index contributed by atoms with van der Waals surface area (Å²) in [6.45, 7) is 0. The van der Waals surface area contributed by atoms with Gasteiger partial charge in [0.1, 0.15) is 4.90 Å². The Bertz CT molecular complexity index is 748. The minimum absolute atomic E-state index is 0.182. The van der Waals surface area contributed by atoms with Gasteiger partial charge in [-0.3, -0.25) is 4.72 Å². The summed E-state index contributed by atoms with van der Waals surface area (Å²) in [5.41, 5.74) is 1.05. The summed E-state index contributed by atoms with van der Waals surface area (Å²) in [7, 11) is -3.63. The fourth-order valence-electron chi connectivity index (χ4n) is 1.55. The standard InChI is InChI=1S/C14H10BrNO2S/c1-2-11-6-5-7-12(10-11)16-19(17,18)14-9-4-3-8-13(14)15/h1,3-10,16H. The van der Waals surface area contributed by atoms with E-state index >= 15 is 0 Å². The normalized spacial score (nSPS) is 10.7. The van der Waals surface area contributed by atoms with Gasteiger partial charge in [0, 0.05) is 10.0 Å². The molecule has 0 atom stereocenters. The van der Waals surface area contributed by atoms with Gasteiger partial charge in [-0.25, -0.2) is 8.42 Å². The van der Waals surface area contributed by atoms with Crippen LogP contribution in [0.15, 0.2) is 57.9 Å². The summed E-state index contributed by atoms with van der Waals surface area (Å²) < 4.78 is 27.5. The molecule has 0 unspecified atom stereocenters. The Morgan fingerprint density at radius 1 is 1.11 bits per heavy atom. The van der Waals surface area contributed by atoms with Gasteiger partial charge in [0.05, 0.1) is 5.69 Å². The highest BCUT2D eigenvalue weighted by Gasteiger charge is 2.16. The van der Waals surface area contributed by atoms with Crippen LogP contribution in [0.2, 0.25) is 0 Å². The molecule has 0 saturated heterocycles. The first-order valence-electron chi connectivity index (χ1n) is 5.37. The first-order chi connectivity index (χ1) is 9.03. The lowest BCUT2D eigenvalue weighted by molar-refractivity contribution is 0.601. The van der Waals surface area contributed by atoms with Crippen LogP contribution in [-0.2, 0) is 10.0 Å². The molecule has 0 aliphatic rings. The van der Waals surface area contributed by atoms with E-state index in [1.54, 1.807) is 42.5 Å². The molecule has 0 fully saturated rings. The Morgan fingerprint density at radius 3 is 2.53 bits per heavy atom. The van der Waals surface area contributed by atoms with Crippen molar-refractivity contribution in [2.24, 2.45) is 0 Å². The summed E-state index contributed by atoms with van der Waals surface area (Å²) in [4.78, 5) is 0.182. The van der Waals surface area contributed by atoms with Crippen molar-refractivity contribution >= 4 is 31.6 Å². The fourth-order valence-corrected chi connectivity index (χ4v) is 3.60. The van der Waals surface area contributed by atoms with Crippen molar-refractivity contribution in [2.45, 2.75) is 4.90 Å². The maximum Gasteiger partial charge on any atom is 0.263 e. The number of terminal acetylenes is 1. The molecule has 0 aliphatic heterocycles. The van der Waals surface area contributed by atoms with Gasteiger partial charge in [0.25, 0.3) is 10.0 Å². The molecule has 0 bridgehead atoms. The zero-order valence-electron chi connectivity index (χ0n) is 9.80. The molecular formula is C14H10BrNO2S. The zero-order chi connectivity index (χ0) is 13.9. The van der Waals surface area contributed by atoms with Crippen molar-refractivity contribution in [1.82, 2.24) is 0 Å². The van der Waals surface area contributed by atoms with Crippen LogP contribution >= 0.6 is 15.9 Å². The molecule has 0 amide bonds. The van der Waals surface area contributed by atoms with E-state index in [1.165, 1.54) is 6.07 Å². The maximum absolute atomic E-state index is 12.2. The molecule has 0 aromatic heterocycles. The van der Waals surface area contributed by atoms with Crippen LogP contribution in [0.3, 0.4) is 0 Å². The number of benzene rings is 2. The van der Waals surface area contributed by atoms with Crippen molar-refractivity contribution < 1.29 is 8.42 Å². The molecule has 0 radical (unpaired) electrons. The lowest BCUT2D eigenvalue weighted by Gasteiger charge is -2.09. The third-order valence-electron chi connectivity index (χ3n) is 2.41. The quantitative estimate of drug-likeness (QED) is 0.875. The van der Waals surface area contributed by atoms with Gasteiger partial charge in [-0.05, 0) is 46.3 Å². The third-order valence-corrected chi connectivity index (χ3v) is 4.80. The number of halogens is 1. The number of nitrogens with one attached hydrogen (secondary N) is 1. The van der Waals surface area contributed by atoms with Crippen LogP contribution < -0.4 is 4.72 Å². The molecule has 5 heteroatoms. The Labute approximate surface area is 120 Å². The largest absolute Gasteiger partial charge is 0.280 e. The Hall–Kier alpha value is -1.77. The third kappa shape index (κ3) is 3.16. The van der Waals surface area contributed by atoms with Crippen LogP contribution in [0.4, 0.5) is 5.69 Å². The molecular weight excluding hydrogens is 326 g/mol. The number of hydrogen-bond acceptors (Lipinski definition) is 2. The van der Waals surface area contributed by atoms with E-state index in [-0.39, 0.29) is 4.90 Å². The van der Waals surface area contributed by atoms with Crippen LogP contribution in [0.25, 0.3) is 0 Å². The van der Waals surface area contributed by atoms with E-state index in [0.717, 1.165) is 0 Å². The average molecular weight is 336 g/mol. The van der Waals surface area contributed by atoms with Crippen molar-refractivity contribution in [2.75, 3.05) is 4.72 Å². The second-order valence-corrected chi connectivity index (χ2v) is 6.27. The fraction of sp³-hybridized carbons (Fsp3) is 0. The topological polar surface area (TPSA) is 46.2 Å². The van der Waals surface area contributed by atoms with Crippen LogP contribution in [0, 0.1) is 12.3 Å². The maximum atomic E-state index is 12.2. The molecule has 0 saturated carbocycles. The van der Waals surface area contributed by atoms with E-state index in [9.17, 15) is 8.42 Å². The van der Waals surface area contributed by atoms with E-state index in [4.69, 9.17) is 6.42 Å². The van der Waals surface area contributed by atoms with E-state index < -0.39 is 10.0 Å². The first kappa shape index (κ1) is 13.7. The molecule has 19 heavy (non-hydrogen) atoms. The Kier molecular flexibility index (Phi) is 3.93. The summed E-state index contributed by atoms with van der Waals surface area (Å²) >= 11 is 3.22. The number of anilines is 1. The smallest absolute Gasteiger partial charge is 0.263 e. The van der Waals surface area contributed by atoms with Gasteiger partial charge >= 0.3 is 0 Å². The molecule has 0 aliphatic carbocycles. The van der Waals surface area contributed by atoms with Gasteiger partial charge < -0.3 is 0 Å². The van der Waals surface area contributed by atoms with Crippen LogP contribution in [0.1, 0.15) is 5.56 Å². The number of hydrogen-bond donors (Lipinski definition) is 1. The van der Waals surface area contributed by atoms with Crippen molar-refractivity contribution in [3.05, 3.63) is 58.6 Å². The first-order valence-corrected chi connectivity index (χ1v) is 7.64.